The van der Waals surface area contributed by atoms with E-state index in [9.17, 15) is 0 Å². The smallest absolute Gasteiger partial charge is 0.0457 e. The number of nitrogens with one attached hydrogen (secondary N) is 2. The molecule has 0 fully saturated rings. The third-order valence-electron chi connectivity index (χ3n) is 3.16. The van der Waals surface area contributed by atoms with Crippen LogP contribution in [0.1, 0.15) is 12.5 Å². The summed E-state index contributed by atoms with van der Waals surface area (Å²) in [4.78, 5) is 5.55. The number of aromatic amines is 1. The zero-order chi connectivity index (χ0) is 12.1. The van der Waals surface area contributed by atoms with Gasteiger partial charge in [-0.2, -0.15) is 0 Å². The third kappa shape index (κ3) is 3.32. The Labute approximate surface area is 103 Å². The van der Waals surface area contributed by atoms with Crippen LogP contribution in [0.3, 0.4) is 0 Å². The molecule has 0 saturated heterocycles. The molecule has 0 amide bonds. The minimum atomic E-state index is 0.937. The number of fused-ring (bicyclic) bond motifs is 1. The van der Waals surface area contributed by atoms with Gasteiger partial charge in [-0.05, 0) is 36.7 Å². The summed E-state index contributed by atoms with van der Waals surface area (Å²) in [6, 6.07) is 8.67. The molecule has 0 spiro atoms. The zero-order valence-corrected chi connectivity index (χ0v) is 10.7. The molecule has 2 N–H and O–H groups in total. The Kier molecular flexibility index (Phi) is 4.18. The van der Waals surface area contributed by atoms with Gasteiger partial charge in [0.1, 0.15) is 0 Å². The van der Waals surface area contributed by atoms with E-state index in [2.05, 4.69) is 53.4 Å². The maximum atomic E-state index is 3.47. The molecule has 3 heteroatoms. The lowest BCUT2D eigenvalue weighted by Crippen LogP contribution is -2.28. The first-order chi connectivity index (χ1) is 8.29. The fourth-order valence-electron chi connectivity index (χ4n) is 1.87. The van der Waals surface area contributed by atoms with Crippen molar-refractivity contribution in [2.45, 2.75) is 13.5 Å². The van der Waals surface area contributed by atoms with Crippen LogP contribution in [0.15, 0.2) is 30.5 Å². The Hall–Kier alpha value is -1.32. The number of rotatable bonds is 6. The van der Waals surface area contributed by atoms with Crippen LogP contribution in [0.4, 0.5) is 0 Å². The van der Waals surface area contributed by atoms with E-state index < -0.39 is 0 Å². The van der Waals surface area contributed by atoms with Crippen molar-refractivity contribution < 1.29 is 0 Å². The van der Waals surface area contributed by atoms with Gasteiger partial charge in [-0.15, -0.1) is 0 Å². The Morgan fingerprint density at radius 1 is 1.29 bits per heavy atom. The number of benzene rings is 1. The summed E-state index contributed by atoms with van der Waals surface area (Å²) >= 11 is 0. The van der Waals surface area contributed by atoms with E-state index in [1.54, 1.807) is 0 Å². The quantitative estimate of drug-likeness (QED) is 0.747. The number of hydrogen-bond acceptors (Lipinski definition) is 2. The van der Waals surface area contributed by atoms with Crippen molar-refractivity contribution in [2.75, 3.05) is 26.7 Å². The molecule has 3 nitrogen and oxygen atoms in total. The van der Waals surface area contributed by atoms with Crippen LogP contribution in [-0.4, -0.2) is 36.6 Å². The minimum absolute atomic E-state index is 0.937. The van der Waals surface area contributed by atoms with Gasteiger partial charge in [0.2, 0.25) is 0 Å². The molecular formula is C14H21N3. The van der Waals surface area contributed by atoms with E-state index in [0.29, 0.717) is 0 Å². The van der Waals surface area contributed by atoms with Crippen LogP contribution in [0.25, 0.3) is 10.9 Å². The first-order valence-corrected chi connectivity index (χ1v) is 6.25. The zero-order valence-electron chi connectivity index (χ0n) is 10.7. The molecule has 1 aromatic carbocycles. The van der Waals surface area contributed by atoms with Crippen molar-refractivity contribution in [3.8, 4) is 0 Å². The van der Waals surface area contributed by atoms with Gasteiger partial charge in [0.05, 0.1) is 0 Å². The van der Waals surface area contributed by atoms with Crippen molar-refractivity contribution in [1.29, 1.82) is 0 Å². The van der Waals surface area contributed by atoms with E-state index in [4.69, 9.17) is 0 Å². The van der Waals surface area contributed by atoms with Crippen molar-refractivity contribution in [3.05, 3.63) is 36.0 Å². The molecule has 0 aliphatic rings. The van der Waals surface area contributed by atoms with E-state index in [-0.39, 0.29) is 0 Å². The van der Waals surface area contributed by atoms with Gasteiger partial charge in [-0.3, -0.25) is 0 Å². The summed E-state index contributed by atoms with van der Waals surface area (Å²) in [6.07, 6.45) is 1.98. The molecule has 0 radical (unpaired) electrons. The Morgan fingerprint density at radius 2 is 2.18 bits per heavy atom. The SMILES string of the molecule is CCN(C)CCNCc1ccc2cc[nH]c2c1. The summed E-state index contributed by atoms with van der Waals surface area (Å²) < 4.78 is 0. The molecule has 0 bridgehead atoms. The molecule has 0 unspecified atom stereocenters. The molecular weight excluding hydrogens is 210 g/mol. The molecule has 1 heterocycles. The van der Waals surface area contributed by atoms with Crippen LogP contribution >= 0.6 is 0 Å². The van der Waals surface area contributed by atoms with Crippen molar-refractivity contribution in [1.82, 2.24) is 15.2 Å². The van der Waals surface area contributed by atoms with Crippen LogP contribution in [-0.2, 0) is 6.54 Å². The van der Waals surface area contributed by atoms with E-state index in [0.717, 1.165) is 26.2 Å². The van der Waals surface area contributed by atoms with Gasteiger partial charge in [-0.1, -0.05) is 19.1 Å². The number of H-pyrrole nitrogens is 1. The van der Waals surface area contributed by atoms with E-state index in [1.165, 1.54) is 16.5 Å². The number of aromatic nitrogens is 1. The second-order valence-electron chi connectivity index (χ2n) is 4.47. The normalized spacial score (nSPS) is 11.5. The van der Waals surface area contributed by atoms with Gasteiger partial charge >= 0.3 is 0 Å². The number of likely N-dealkylation sites (N-methyl/N-ethyl adjacent to an activating group) is 1. The molecule has 92 valence electrons. The maximum absolute atomic E-state index is 3.47. The lowest BCUT2D eigenvalue weighted by atomic mass is 10.1. The lowest BCUT2D eigenvalue weighted by molar-refractivity contribution is 0.349. The Morgan fingerprint density at radius 3 is 3.00 bits per heavy atom. The van der Waals surface area contributed by atoms with Crippen LogP contribution < -0.4 is 5.32 Å². The Bertz CT molecular complexity index is 461. The highest BCUT2D eigenvalue weighted by Crippen LogP contribution is 2.13. The van der Waals surface area contributed by atoms with Crippen LogP contribution in [0, 0.1) is 0 Å². The van der Waals surface area contributed by atoms with Crippen LogP contribution in [0.2, 0.25) is 0 Å². The first kappa shape index (κ1) is 12.1. The predicted octanol–water partition coefficient (Wildman–Crippen LogP) is 2.21. The van der Waals surface area contributed by atoms with Gasteiger partial charge in [-0.25, -0.2) is 0 Å². The lowest BCUT2D eigenvalue weighted by Gasteiger charge is -2.13. The number of nitrogens with zero attached hydrogens (tertiary/aromatic N) is 1. The average Bonchev–Trinajstić information content (AvgIpc) is 2.81. The van der Waals surface area contributed by atoms with Gasteiger partial charge in [0.15, 0.2) is 0 Å². The first-order valence-electron chi connectivity index (χ1n) is 6.25. The second-order valence-corrected chi connectivity index (χ2v) is 4.47. The van der Waals surface area contributed by atoms with Gasteiger partial charge in [0, 0.05) is 31.3 Å². The van der Waals surface area contributed by atoms with Crippen molar-refractivity contribution in [2.24, 2.45) is 0 Å². The highest BCUT2D eigenvalue weighted by Gasteiger charge is 1.98. The van der Waals surface area contributed by atoms with Gasteiger partial charge < -0.3 is 15.2 Å². The van der Waals surface area contributed by atoms with Gasteiger partial charge in [0.25, 0.3) is 0 Å². The Balaban J connectivity index is 1.82. The summed E-state index contributed by atoms with van der Waals surface area (Å²) in [7, 11) is 2.15. The third-order valence-corrected chi connectivity index (χ3v) is 3.16. The maximum Gasteiger partial charge on any atom is 0.0457 e. The van der Waals surface area contributed by atoms with E-state index >= 15 is 0 Å². The largest absolute Gasteiger partial charge is 0.361 e. The highest BCUT2D eigenvalue weighted by atomic mass is 15.1. The molecule has 2 rings (SSSR count). The average molecular weight is 231 g/mol. The molecule has 0 saturated carbocycles. The molecule has 1 aromatic heterocycles. The monoisotopic (exact) mass is 231 g/mol. The molecule has 17 heavy (non-hydrogen) atoms. The summed E-state index contributed by atoms with van der Waals surface area (Å²) in [6.45, 7) is 6.36. The molecule has 0 aliphatic heterocycles. The summed E-state index contributed by atoms with van der Waals surface area (Å²) in [5.41, 5.74) is 2.55. The highest BCUT2D eigenvalue weighted by molar-refractivity contribution is 5.79. The van der Waals surface area contributed by atoms with Crippen LogP contribution in [0.5, 0.6) is 0 Å². The predicted molar refractivity (Wildman–Crippen MR) is 73.2 cm³/mol. The van der Waals surface area contributed by atoms with Crippen molar-refractivity contribution in [3.63, 3.8) is 0 Å². The minimum Gasteiger partial charge on any atom is -0.361 e. The summed E-state index contributed by atoms with van der Waals surface area (Å²) in [5.74, 6) is 0. The molecule has 0 aliphatic carbocycles. The number of hydrogen-bond donors (Lipinski definition) is 2. The second kappa shape index (κ2) is 5.84. The fourth-order valence-corrected chi connectivity index (χ4v) is 1.87. The fraction of sp³-hybridized carbons (Fsp3) is 0.429. The molecule has 0 atom stereocenters. The van der Waals surface area contributed by atoms with E-state index in [1.807, 2.05) is 6.20 Å². The standard InChI is InChI=1S/C14H21N3/c1-3-17(2)9-8-15-11-12-4-5-13-6-7-16-14(13)10-12/h4-7,10,15-16H,3,8-9,11H2,1-2H3. The topological polar surface area (TPSA) is 31.1 Å². The molecule has 2 aromatic rings. The van der Waals surface area contributed by atoms with Crippen molar-refractivity contribution >= 4 is 10.9 Å². The summed E-state index contributed by atoms with van der Waals surface area (Å²) in [5, 5.41) is 4.75.